The Bertz CT molecular complexity index is 775. The van der Waals surface area contributed by atoms with Gasteiger partial charge in [-0.05, 0) is 47.0 Å². The second-order valence-electron chi connectivity index (χ2n) is 5.79. The number of ether oxygens (including phenoxy) is 2. The third-order valence-corrected chi connectivity index (χ3v) is 4.58. The van der Waals surface area contributed by atoms with E-state index in [9.17, 15) is 4.79 Å². The van der Waals surface area contributed by atoms with Crippen molar-refractivity contribution >= 4 is 39.2 Å². The van der Waals surface area contributed by atoms with E-state index in [-0.39, 0.29) is 12.1 Å². The van der Waals surface area contributed by atoms with E-state index in [1.807, 2.05) is 0 Å². The summed E-state index contributed by atoms with van der Waals surface area (Å²) < 4.78 is 11.8. The van der Waals surface area contributed by atoms with Gasteiger partial charge >= 0.3 is 12.0 Å². The van der Waals surface area contributed by atoms with E-state index in [1.54, 1.807) is 42.6 Å². The lowest BCUT2D eigenvalue weighted by Crippen LogP contribution is -2.46. The number of anilines is 1. The van der Waals surface area contributed by atoms with Crippen LogP contribution in [0.3, 0.4) is 0 Å². The number of amides is 2. The van der Waals surface area contributed by atoms with Crippen LogP contribution in [0.15, 0.2) is 35.1 Å². The fourth-order valence-corrected chi connectivity index (χ4v) is 3.08. The van der Waals surface area contributed by atoms with Gasteiger partial charge in [0, 0.05) is 24.0 Å². The molecule has 1 atom stereocenters. The van der Waals surface area contributed by atoms with Gasteiger partial charge in [-0.15, -0.1) is 0 Å². The molecule has 1 fully saturated rings. The average molecular weight is 442 g/mol. The highest BCUT2D eigenvalue weighted by Crippen LogP contribution is 2.28. The van der Waals surface area contributed by atoms with Crippen molar-refractivity contribution in [2.45, 2.75) is 18.9 Å². The van der Waals surface area contributed by atoms with Crippen LogP contribution in [-0.4, -0.2) is 47.2 Å². The lowest BCUT2D eigenvalue weighted by molar-refractivity contribution is 0.0982. The highest BCUT2D eigenvalue weighted by atomic mass is 79.9. The summed E-state index contributed by atoms with van der Waals surface area (Å²) in [7, 11) is 1.54. The van der Waals surface area contributed by atoms with Crippen LogP contribution in [0.25, 0.3) is 0 Å². The second-order valence-corrected chi connectivity index (χ2v) is 7.14. The molecule has 2 aromatic rings. The van der Waals surface area contributed by atoms with Gasteiger partial charge in [0.05, 0.1) is 23.8 Å². The second kappa shape index (κ2) is 8.55. The van der Waals surface area contributed by atoms with Crippen molar-refractivity contribution < 1.29 is 14.3 Å². The molecule has 3 rings (SSSR count). The van der Waals surface area contributed by atoms with Gasteiger partial charge in [0.25, 0.3) is 0 Å². The Hall–Kier alpha value is -2.06. The number of carbonyl (C=O) groups excluding carboxylic acids is 1. The lowest BCUT2D eigenvalue weighted by atomic mass is 10.1. The summed E-state index contributed by atoms with van der Waals surface area (Å²) in [6.45, 7) is 1.10. The molecule has 0 bridgehead atoms. The number of carbonyl (C=O) groups is 1. The third-order valence-electron chi connectivity index (χ3n) is 3.94. The summed E-state index contributed by atoms with van der Waals surface area (Å²) in [5.41, 5.74) is 0.532. The first-order valence-corrected chi connectivity index (χ1v) is 9.26. The van der Waals surface area contributed by atoms with Crippen LogP contribution < -0.4 is 14.8 Å². The van der Waals surface area contributed by atoms with Gasteiger partial charge in [-0.3, -0.25) is 0 Å². The van der Waals surface area contributed by atoms with Gasteiger partial charge in [-0.25, -0.2) is 14.8 Å². The Morgan fingerprint density at radius 2 is 2.15 bits per heavy atom. The lowest BCUT2D eigenvalue weighted by Gasteiger charge is -2.32. The molecule has 1 aliphatic rings. The molecule has 0 aliphatic carbocycles. The van der Waals surface area contributed by atoms with Gasteiger partial charge in [-0.1, -0.05) is 11.6 Å². The first-order valence-electron chi connectivity index (χ1n) is 8.09. The van der Waals surface area contributed by atoms with Gasteiger partial charge < -0.3 is 19.7 Å². The highest BCUT2D eigenvalue weighted by molar-refractivity contribution is 9.10. The van der Waals surface area contributed by atoms with Crippen molar-refractivity contribution in [2.24, 2.45) is 0 Å². The number of piperidine rings is 1. The molecule has 7 nitrogen and oxygen atoms in total. The minimum absolute atomic E-state index is 0.156. The predicted octanol–water partition coefficient (Wildman–Crippen LogP) is 3.98. The number of likely N-dealkylation sites (tertiary alicyclic amines) is 1. The van der Waals surface area contributed by atoms with E-state index in [2.05, 4.69) is 31.2 Å². The van der Waals surface area contributed by atoms with Crippen LogP contribution >= 0.6 is 27.5 Å². The Morgan fingerprint density at radius 1 is 1.38 bits per heavy atom. The van der Waals surface area contributed by atoms with Gasteiger partial charge in [0.2, 0.25) is 0 Å². The van der Waals surface area contributed by atoms with E-state index in [1.165, 1.54) is 0 Å². The fraction of sp³-hybridized carbons (Fsp3) is 0.353. The van der Waals surface area contributed by atoms with Crippen molar-refractivity contribution in [1.82, 2.24) is 14.9 Å². The number of hydrogen-bond acceptors (Lipinski definition) is 5. The van der Waals surface area contributed by atoms with Crippen LogP contribution in [0.2, 0.25) is 5.02 Å². The van der Waals surface area contributed by atoms with Gasteiger partial charge in [-0.2, -0.15) is 0 Å². The van der Waals surface area contributed by atoms with Crippen LogP contribution in [0, 0.1) is 0 Å². The molecule has 1 unspecified atom stereocenters. The summed E-state index contributed by atoms with van der Waals surface area (Å²) in [6.07, 6.45) is 4.77. The maximum absolute atomic E-state index is 12.6. The normalized spacial score (nSPS) is 16.9. The van der Waals surface area contributed by atoms with Crippen LogP contribution in [0.4, 0.5) is 10.5 Å². The number of benzene rings is 1. The molecule has 1 aliphatic heterocycles. The topological polar surface area (TPSA) is 76.6 Å². The average Bonchev–Trinajstić information content (AvgIpc) is 2.64. The molecular formula is C17H18BrClN4O3. The number of nitrogens with zero attached hydrogens (tertiary/aromatic N) is 3. The zero-order valence-electron chi connectivity index (χ0n) is 14.1. The minimum atomic E-state index is -0.226. The first kappa shape index (κ1) is 18.7. The summed E-state index contributed by atoms with van der Waals surface area (Å²) in [6, 6.07) is 5.16. The van der Waals surface area contributed by atoms with E-state index >= 15 is 0 Å². The molecule has 0 radical (unpaired) electrons. The first-order chi connectivity index (χ1) is 12.5. The molecule has 1 N–H and O–H groups in total. The number of aromatic nitrogens is 2. The fourth-order valence-electron chi connectivity index (χ4n) is 2.70. The summed E-state index contributed by atoms with van der Waals surface area (Å²) >= 11 is 9.30. The van der Waals surface area contributed by atoms with E-state index in [4.69, 9.17) is 21.1 Å². The summed E-state index contributed by atoms with van der Waals surface area (Å²) in [5.74, 6) is 0.552. The minimum Gasteiger partial charge on any atom is -0.495 e. The molecule has 1 aromatic carbocycles. The van der Waals surface area contributed by atoms with Crippen molar-refractivity contribution in [3.05, 3.63) is 40.1 Å². The Morgan fingerprint density at radius 3 is 2.88 bits per heavy atom. The van der Waals surface area contributed by atoms with Gasteiger partial charge in [0.1, 0.15) is 11.9 Å². The maximum atomic E-state index is 12.6. The SMILES string of the molecule is COc1ccc(Cl)cc1NC(=O)N1CCCC(Oc2ncc(Br)cn2)C1. The molecule has 26 heavy (non-hydrogen) atoms. The molecule has 2 heterocycles. The van der Waals surface area contributed by atoms with E-state index < -0.39 is 0 Å². The molecule has 2 amide bonds. The number of nitrogens with one attached hydrogen (secondary N) is 1. The van der Waals surface area contributed by atoms with Crippen molar-refractivity contribution in [2.75, 3.05) is 25.5 Å². The number of halogens is 2. The molecule has 9 heteroatoms. The quantitative estimate of drug-likeness (QED) is 0.777. The zero-order chi connectivity index (χ0) is 18.5. The number of rotatable bonds is 4. The molecule has 1 saturated heterocycles. The standard InChI is InChI=1S/C17H18BrClN4O3/c1-25-15-5-4-12(19)7-14(15)22-17(24)23-6-2-3-13(10-23)26-16-20-8-11(18)9-21-16/h4-5,7-9,13H,2-3,6,10H2,1H3,(H,22,24). The van der Waals surface area contributed by atoms with Gasteiger partial charge in [0.15, 0.2) is 0 Å². The molecule has 138 valence electrons. The van der Waals surface area contributed by atoms with Crippen molar-refractivity contribution in [3.63, 3.8) is 0 Å². The van der Waals surface area contributed by atoms with E-state index in [0.717, 1.165) is 17.3 Å². The number of methoxy groups -OCH3 is 1. The number of urea groups is 1. The molecule has 0 spiro atoms. The van der Waals surface area contributed by atoms with Crippen LogP contribution in [0.5, 0.6) is 11.8 Å². The molecular weight excluding hydrogens is 424 g/mol. The van der Waals surface area contributed by atoms with E-state index in [0.29, 0.717) is 35.6 Å². The Balaban J connectivity index is 1.62. The largest absolute Gasteiger partial charge is 0.495 e. The molecule has 1 aromatic heterocycles. The zero-order valence-corrected chi connectivity index (χ0v) is 16.5. The monoisotopic (exact) mass is 440 g/mol. The van der Waals surface area contributed by atoms with Crippen molar-refractivity contribution in [3.8, 4) is 11.8 Å². The summed E-state index contributed by atoms with van der Waals surface area (Å²) in [4.78, 5) is 22.5. The Labute approximate surface area is 164 Å². The maximum Gasteiger partial charge on any atom is 0.322 e. The highest BCUT2D eigenvalue weighted by Gasteiger charge is 2.26. The smallest absolute Gasteiger partial charge is 0.322 e. The molecule has 0 saturated carbocycles. The Kier molecular flexibility index (Phi) is 6.16. The van der Waals surface area contributed by atoms with Crippen LogP contribution in [-0.2, 0) is 0 Å². The summed E-state index contributed by atoms with van der Waals surface area (Å²) in [5, 5.41) is 3.37. The predicted molar refractivity (Wildman–Crippen MR) is 102 cm³/mol. The third kappa shape index (κ3) is 4.76. The van der Waals surface area contributed by atoms with Crippen LogP contribution in [0.1, 0.15) is 12.8 Å². The number of hydrogen-bond donors (Lipinski definition) is 1. The van der Waals surface area contributed by atoms with Crippen molar-refractivity contribution in [1.29, 1.82) is 0 Å².